The van der Waals surface area contributed by atoms with Gasteiger partial charge in [-0.2, -0.15) is 0 Å². The van der Waals surface area contributed by atoms with Crippen LogP contribution in [-0.2, 0) is 11.3 Å². The third-order valence-corrected chi connectivity index (χ3v) is 3.23. The Hall–Kier alpha value is -1.55. The Labute approximate surface area is 108 Å². The molecule has 0 atom stereocenters. The lowest BCUT2D eigenvalue weighted by Crippen LogP contribution is -2.28. The number of hydrogen-bond acceptors (Lipinski definition) is 3. The molecule has 0 spiro atoms. The fourth-order valence-corrected chi connectivity index (χ4v) is 1.82. The van der Waals surface area contributed by atoms with E-state index in [-0.39, 0.29) is 11.6 Å². The van der Waals surface area contributed by atoms with Gasteiger partial charge in [0.05, 0.1) is 0 Å². The Bertz CT molecular complexity index is 388. The number of ether oxygens (including phenoxy) is 1. The number of carbonyl (C=O) groups is 1. The third-order valence-electron chi connectivity index (χ3n) is 3.23. The van der Waals surface area contributed by atoms with Crippen LogP contribution >= 0.6 is 0 Å². The van der Waals surface area contributed by atoms with E-state index in [1.165, 1.54) is 0 Å². The van der Waals surface area contributed by atoms with Gasteiger partial charge in [-0.05, 0) is 31.2 Å². The van der Waals surface area contributed by atoms with Gasteiger partial charge in [0.2, 0.25) is 0 Å². The highest BCUT2D eigenvalue weighted by molar-refractivity contribution is 5.67. The maximum Gasteiger partial charge on any atom is 0.407 e. The minimum absolute atomic E-state index is 0.0651. The number of alkyl carbamates (subject to hydrolysis) is 1. The first-order valence-corrected chi connectivity index (χ1v) is 6.41. The molecular weight excluding hydrogens is 228 g/mol. The summed E-state index contributed by atoms with van der Waals surface area (Å²) in [5, 5.41) is 2.74. The van der Waals surface area contributed by atoms with Crippen LogP contribution in [0, 0.1) is 0 Å². The van der Waals surface area contributed by atoms with Gasteiger partial charge in [0.25, 0.3) is 0 Å². The summed E-state index contributed by atoms with van der Waals surface area (Å²) in [6.45, 7) is 0.945. The molecule has 0 saturated heterocycles. The van der Waals surface area contributed by atoms with Crippen molar-refractivity contribution >= 4 is 6.09 Å². The Morgan fingerprint density at radius 1 is 1.33 bits per heavy atom. The van der Waals surface area contributed by atoms with Gasteiger partial charge in [0.1, 0.15) is 6.61 Å². The van der Waals surface area contributed by atoms with E-state index in [4.69, 9.17) is 10.5 Å². The van der Waals surface area contributed by atoms with Crippen molar-refractivity contribution in [2.75, 3.05) is 6.54 Å². The van der Waals surface area contributed by atoms with Crippen LogP contribution in [0.15, 0.2) is 30.3 Å². The number of benzene rings is 1. The molecule has 1 fully saturated rings. The molecule has 18 heavy (non-hydrogen) atoms. The number of nitrogens with one attached hydrogen (secondary N) is 1. The van der Waals surface area contributed by atoms with Gasteiger partial charge < -0.3 is 15.8 Å². The second-order valence-corrected chi connectivity index (χ2v) is 4.95. The highest BCUT2D eigenvalue weighted by Gasteiger charge is 2.36. The summed E-state index contributed by atoms with van der Waals surface area (Å²) < 4.78 is 5.09. The van der Waals surface area contributed by atoms with Crippen LogP contribution in [0.25, 0.3) is 0 Å². The van der Waals surface area contributed by atoms with E-state index in [1.807, 2.05) is 30.3 Å². The molecule has 98 valence electrons. The first-order chi connectivity index (χ1) is 8.68. The molecule has 0 aromatic heterocycles. The number of rotatable bonds is 6. The van der Waals surface area contributed by atoms with Gasteiger partial charge in [0.15, 0.2) is 0 Å². The molecule has 1 aliphatic rings. The van der Waals surface area contributed by atoms with Crippen molar-refractivity contribution in [1.29, 1.82) is 0 Å². The van der Waals surface area contributed by atoms with Crippen molar-refractivity contribution in [2.45, 2.75) is 37.8 Å². The zero-order valence-electron chi connectivity index (χ0n) is 10.5. The molecule has 0 bridgehead atoms. The zero-order chi connectivity index (χ0) is 12.8. The summed E-state index contributed by atoms with van der Waals surface area (Å²) >= 11 is 0. The molecule has 0 radical (unpaired) electrons. The van der Waals surface area contributed by atoms with Crippen molar-refractivity contribution in [3.05, 3.63) is 35.9 Å². The summed E-state index contributed by atoms with van der Waals surface area (Å²) in [5.74, 6) is 0. The van der Waals surface area contributed by atoms with Crippen LogP contribution in [0.3, 0.4) is 0 Å². The van der Waals surface area contributed by atoms with Gasteiger partial charge in [0, 0.05) is 12.1 Å². The molecule has 1 amide bonds. The molecule has 2 rings (SSSR count). The van der Waals surface area contributed by atoms with E-state index >= 15 is 0 Å². The molecule has 0 aliphatic heterocycles. The summed E-state index contributed by atoms with van der Waals surface area (Å²) in [6, 6.07) is 9.64. The van der Waals surface area contributed by atoms with E-state index in [1.54, 1.807) is 0 Å². The quantitative estimate of drug-likeness (QED) is 0.758. The molecule has 1 saturated carbocycles. The van der Waals surface area contributed by atoms with Crippen molar-refractivity contribution in [3.63, 3.8) is 0 Å². The SMILES string of the molecule is NC1(CCCNC(=O)OCc2ccccc2)CC1. The van der Waals surface area contributed by atoms with E-state index in [9.17, 15) is 4.79 Å². The number of nitrogens with two attached hydrogens (primary N) is 1. The first-order valence-electron chi connectivity index (χ1n) is 6.41. The molecule has 4 nitrogen and oxygen atoms in total. The first kappa shape index (κ1) is 12.9. The van der Waals surface area contributed by atoms with Crippen LogP contribution in [0.5, 0.6) is 0 Å². The Morgan fingerprint density at radius 2 is 2.06 bits per heavy atom. The minimum atomic E-state index is -0.360. The lowest BCUT2D eigenvalue weighted by molar-refractivity contribution is 0.139. The van der Waals surface area contributed by atoms with Crippen molar-refractivity contribution < 1.29 is 9.53 Å². The second kappa shape index (κ2) is 5.87. The van der Waals surface area contributed by atoms with Crippen molar-refractivity contribution in [2.24, 2.45) is 5.73 Å². The Kier molecular flexibility index (Phi) is 4.20. The average Bonchev–Trinajstić information content (AvgIpc) is 3.12. The zero-order valence-corrected chi connectivity index (χ0v) is 10.5. The number of hydrogen-bond donors (Lipinski definition) is 2. The molecule has 0 unspecified atom stereocenters. The molecule has 3 N–H and O–H groups in total. The molecular formula is C14H20N2O2. The van der Waals surface area contributed by atoms with Crippen molar-refractivity contribution in [1.82, 2.24) is 5.32 Å². The standard InChI is InChI=1S/C14H20N2O2/c15-14(8-9-14)7-4-10-16-13(17)18-11-12-5-2-1-3-6-12/h1-3,5-6H,4,7-11,15H2,(H,16,17). The highest BCUT2D eigenvalue weighted by atomic mass is 16.5. The van der Waals surface area contributed by atoms with Crippen LogP contribution in [-0.4, -0.2) is 18.2 Å². The lowest BCUT2D eigenvalue weighted by Gasteiger charge is -2.09. The fraction of sp³-hybridized carbons (Fsp3) is 0.500. The predicted octanol–water partition coefficient (Wildman–Crippen LogP) is 2.18. The van der Waals surface area contributed by atoms with Gasteiger partial charge in [-0.15, -0.1) is 0 Å². The van der Waals surface area contributed by atoms with Gasteiger partial charge in [-0.3, -0.25) is 0 Å². The van der Waals surface area contributed by atoms with E-state index in [0.29, 0.717) is 13.2 Å². The molecule has 0 heterocycles. The third kappa shape index (κ3) is 4.37. The number of carbonyl (C=O) groups excluding carboxylic acids is 1. The van der Waals surface area contributed by atoms with Crippen LogP contribution in [0.2, 0.25) is 0 Å². The topological polar surface area (TPSA) is 64.3 Å². The van der Waals surface area contributed by atoms with Crippen LogP contribution in [0.1, 0.15) is 31.2 Å². The largest absolute Gasteiger partial charge is 0.445 e. The van der Waals surface area contributed by atoms with Gasteiger partial charge in [-0.25, -0.2) is 4.79 Å². The van der Waals surface area contributed by atoms with E-state index in [0.717, 1.165) is 31.2 Å². The minimum Gasteiger partial charge on any atom is -0.445 e. The Balaban J connectivity index is 1.55. The molecule has 1 aliphatic carbocycles. The monoisotopic (exact) mass is 248 g/mol. The normalized spacial score (nSPS) is 16.1. The average molecular weight is 248 g/mol. The summed E-state index contributed by atoms with van der Waals surface area (Å²) in [6.07, 6.45) is 3.76. The maximum atomic E-state index is 11.4. The van der Waals surface area contributed by atoms with Gasteiger partial charge >= 0.3 is 6.09 Å². The molecule has 4 heteroatoms. The number of amides is 1. The molecule has 1 aromatic carbocycles. The summed E-state index contributed by atoms with van der Waals surface area (Å²) in [7, 11) is 0. The highest BCUT2D eigenvalue weighted by Crippen LogP contribution is 2.36. The molecule has 1 aromatic rings. The smallest absolute Gasteiger partial charge is 0.407 e. The van der Waals surface area contributed by atoms with Crippen LogP contribution in [0.4, 0.5) is 4.79 Å². The summed E-state index contributed by atoms with van der Waals surface area (Å²) in [5.41, 5.74) is 7.01. The van der Waals surface area contributed by atoms with Gasteiger partial charge in [-0.1, -0.05) is 30.3 Å². The fourth-order valence-electron chi connectivity index (χ4n) is 1.82. The van der Waals surface area contributed by atoms with Crippen molar-refractivity contribution in [3.8, 4) is 0 Å². The van der Waals surface area contributed by atoms with E-state index in [2.05, 4.69) is 5.32 Å². The maximum absolute atomic E-state index is 11.4. The predicted molar refractivity (Wildman–Crippen MR) is 70.0 cm³/mol. The van der Waals surface area contributed by atoms with Crippen LogP contribution < -0.4 is 11.1 Å². The second-order valence-electron chi connectivity index (χ2n) is 4.95. The van der Waals surface area contributed by atoms with E-state index < -0.39 is 0 Å². The Morgan fingerprint density at radius 3 is 2.72 bits per heavy atom. The lowest BCUT2D eigenvalue weighted by atomic mass is 10.1. The summed E-state index contributed by atoms with van der Waals surface area (Å²) in [4.78, 5) is 11.4.